The van der Waals surface area contributed by atoms with E-state index in [0.29, 0.717) is 24.0 Å². The third kappa shape index (κ3) is 35.4. The number of phenolic OH excluding ortho intramolecular Hbond substituents is 1. The summed E-state index contributed by atoms with van der Waals surface area (Å²) in [5, 5.41) is 93.0. The molecule has 46 heteroatoms. The number of nitrogens with zero attached hydrogens (tertiary/aromatic N) is 2. The second kappa shape index (κ2) is 55.8. The van der Waals surface area contributed by atoms with Crippen LogP contribution in [0.2, 0.25) is 0 Å². The van der Waals surface area contributed by atoms with Gasteiger partial charge in [0.2, 0.25) is 100 Å². The van der Waals surface area contributed by atoms with Crippen LogP contribution in [0.5, 0.6) is 5.75 Å². The predicted molar refractivity (Wildman–Crippen MR) is 495 cm³/mol. The number of carbonyl (C=O) groups is 17. The summed E-state index contributed by atoms with van der Waals surface area (Å²) < 4.78 is 0. The topological polar surface area (TPSA) is 688 Å². The van der Waals surface area contributed by atoms with E-state index in [0.717, 1.165) is 28.5 Å². The number of guanidine groups is 2. The molecule has 4 aliphatic heterocycles. The highest BCUT2D eigenvalue weighted by Gasteiger charge is 2.47. The molecule has 4 saturated heterocycles. The number of amides is 17. The van der Waals surface area contributed by atoms with Crippen molar-refractivity contribution in [1.29, 1.82) is 10.8 Å². The zero-order chi connectivity index (χ0) is 98.3. The van der Waals surface area contributed by atoms with Crippen LogP contribution in [0, 0.1) is 34.5 Å². The Morgan fingerprint density at radius 1 is 0.436 bits per heavy atom. The van der Waals surface area contributed by atoms with Crippen LogP contribution in [-0.2, 0) is 94.3 Å². The third-order valence-corrected chi connectivity index (χ3v) is 26.1. The van der Waals surface area contributed by atoms with Gasteiger partial charge in [-0.1, -0.05) is 139 Å². The van der Waals surface area contributed by atoms with E-state index in [1.165, 1.54) is 34.1 Å². The van der Waals surface area contributed by atoms with Crippen LogP contribution in [-0.4, -0.2) is 298 Å². The van der Waals surface area contributed by atoms with Gasteiger partial charge in [0.1, 0.15) is 96.4 Å². The molecule has 738 valence electrons. The standard InChI is InChI=1S/C87H138N24O20S2/c1-10-47(6)67-81(127)105-62-45-133-132-44-61(104-82(128)68(48(7)11-2)107-80(126)63-27-20-36-110(63)84(130)64-28-21-37-111(64)85(131)69(49(8)12-3)108-77(123)60(43-112)103-73(119)54(24-16-17-33-88)100-83(129)70(50(9)113)109-79(62)125)78(124)102-58(40-52-29-31-53(114)32-30-52)71(117)96-41-65(115)95-42-66(116)97-59(39-51-22-14-13-15-23-51)76(122)101-57(38-46(4)5)75(121)99-55(25-18-34-93-86(89)90)72(118)98-56(74(120)106-67)26-19-35-94-87(91)92/h13-15,22-23,29-32,46-50,54-64,67-70,112-114H,10-12,16-21,24-28,33-45,88H2,1-9H3,(H,95,115)(H,96,117)(H,97,116)(H,98,118)(H,99,121)(H,100,129)(H,101,122)(H,102,124)(H,103,119)(H,104,128)(H,105,127)(H,106,120)(H,107,126)(H,108,123)(H,109,125)(H4,89,90,93)(H4,91,92,94)/t47-,48-,49-,50+,54-,55-,56-,57-,58-,59-,60-,61-,62-,63-,64-,67-,68-,69-,70-/m0/s1. The van der Waals surface area contributed by atoms with Crippen LogP contribution in [0.4, 0.5) is 0 Å². The number of hydrogen-bond acceptors (Lipinski definition) is 25. The lowest BCUT2D eigenvalue weighted by molar-refractivity contribution is -0.149. The molecule has 0 aliphatic carbocycles. The molecule has 0 radical (unpaired) electrons. The Kier molecular flexibility index (Phi) is 46.2. The van der Waals surface area contributed by atoms with Crippen molar-refractivity contribution in [3.8, 4) is 5.75 Å². The number of fused-ring (bicyclic) bond motifs is 7. The molecular weight excluding hydrogens is 1770 g/mol. The zero-order valence-corrected chi connectivity index (χ0v) is 78.7. The Hall–Kier alpha value is -11.6. The number of aromatic hydroxyl groups is 1. The average molecular weight is 1900 g/mol. The van der Waals surface area contributed by atoms with E-state index in [4.69, 9.17) is 28.0 Å². The summed E-state index contributed by atoms with van der Waals surface area (Å²) in [6.07, 6.45) is -1.09. The van der Waals surface area contributed by atoms with Crippen molar-refractivity contribution in [3.05, 3.63) is 65.7 Å². The highest BCUT2D eigenvalue weighted by molar-refractivity contribution is 8.76. The lowest BCUT2D eigenvalue weighted by Crippen LogP contribution is -2.63. The van der Waals surface area contributed by atoms with Crippen molar-refractivity contribution in [3.63, 3.8) is 0 Å². The maximum absolute atomic E-state index is 15.5. The molecule has 4 heterocycles. The van der Waals surface area contributed by atoms with Crippen molar-refractivity contribution in [1.82, 2.24) is 100 Å². The van der Waals surface area contributed by atoms with Gasteiger partial charge in [-0.2, -0.15) is 0 Å². The Morgan fingerprint density at radius 2 is 0.842 bits per heavy atom. The molecule has 44 nitrogen and oxygen atoms in total. The van der Waals surface area contributed by atoms with Gasteiger partial charge in [-0.3, -0.25) is 92.3 Å². The summed E-state index contributed by atoms with van der Waals surface area (Å²) in [4.78, 5) is 256. The first-order chi connectivity index (χ1) is 63.2. The number of nitrogens with one attached hydrogen (secondary N) is 19. The number of aliphatic hydroxyl groups excluding tert-OH is 2. The summed E-state index contributed by atoms with van der Waals surface area (Å²) in [5.74, 6) is -21.1. The predicted octanol–water partition coefficient (Wildman–Crippen LogP) is -4.68. The fourth-order valence-corrected chi connectivity index (χ4v) is 17.7. The second-order valence-electron chi connectivity index (χ2n) is 34.5. The Morgan fingerprint density at radius 3 is 1.35 bits per heavy atom. The SMILES string of the molecule is CC[C@H](C)[C@@H]1NC(=O)[C@H](CCCNC(=N)N)NC(=O)[C@H](CCCNC(=N)N)NC(=O)[C@H](CC(C)C)NC(=O)[C@H](Cc2ccccc2)NC(=O)CNC(=O)CNC(=O)[C@H](Cc2ccc(O)cc2)NC(=O)[C@@H]2CSSC[C@H](NC1=O)C(=O)N[C@@H]([C@@H](C)O)C(=O)N[C@@H](CCCCN)C(=O)N[C@@H](CO)C(=O)N[C@@H]([C@@H](C)CC)C(=O)N1CCC[C@H]1C(=O)N1CCC[C@H]1C(=O)N[C@@H]([C@@H](C)CC)C(=O)N2. The summed E-state index contributed by atoms with van der Waals surface area (Å²) >= 11 is 0. The summed E-state index contributed by atoms with van der Waals surface area (Å²) in [7, 11) is 1.57. The summed E-state index contributed by atoms with van der Waals surface area (Å²) in [6, 6.07) is -9.71. The average Bonchev–Trinajstić information content (AvgIpc) is 1.66. The van der Waals surface area contributed by atoms with E-state index in [9.17, 15) is 53.7 Å². The molecule has 2 aromatic rings. The van der Waals surface area contributed by atoms with Crippen molar-refractivity contribution in [2.45, 2.75) is 268 Å². The quantitative estimate of drug-likeness (QED) is 0.0182. The number of nitrogens with two attached hydrogens (primary N) is 3. The number of aliphatic hydroxyl groups is 2. The highest BCUT2D eigenvalue weighted by Crippen LogP contribution is 2.29. The smallest absolute Gasteiger partial charge is 0.246 e. The first-order valence-electron chi connectivity index (χ1n) is 45.5. The zero-order valence-electron chi connectivity index (χ0n) is 77.1. The summed E-state index contributed by atoms with van der Waals surface area (Å²) in [6.45, 7) is 12.1. The molecule has 0 spiro atoms. The van der Waals surface area contributed by atoms with Gasteiger partial charge in [-0.15, -0.1) is 0 Å². The van der Waals surface area contributed by atoms with E-state index in [1.54, 1.807) is 85.7 Å². The van der Waals surface area contributed by atoms with Crippen molar-refractivity contribution >= 4 is 134 Å². The van der Waals surface area contributed by atoms with Crippen molar-refractivity contribution in [2.24, 2.45) is 40.9 Å². The molecule has 4 aliphatic rings. The molecule has 0 unspecified atom stereocenters. The minimum Gasteiger partial charge on any atom is -0.508 e. The van der Waals surface area contributed by atoms with E-state index in [-0.39, 0.29) is 141 Å². The number of phenols is 1. The lowest BCUT2D eigenvalue weighted by atomic mass is 9.96. The monoisotopic (exact) mass is 1900 g/mol. The molecule has 6 rings (SSSR count). The van der Waals surface area contributed by atoms with Gasteiger partial charge < -0.3 is 133 Å². The molecule has 4 fully saturated rings. The van der Waals surface area contributed by atoms with Gasteiger partial charge in [0.25, 0.3) is 0 Å². The van der Waals surface area contributed by atoms with Gasteiger partial charge in [-0.25, -0.2) is 0 Å². The van der Waals surface area contributed by atoms with Crippen molar-refractivity contribution < 1.29 is 96.8 Å². The molecule has 17 amide bonds. The van der Waals surface area contributed by atoms with Crippen LogP contribution in [0.15, 0.2) is 54.6 Å². The van der Waals surface area contributed by atoms with Gasteiger partial charge in [0, 0.05) is 50.5 Å². The van der Waals surface area contributed by atoms with Crippen LogP contribution >= 0.6 is 21.6 Å². The second-order valence-corrected chi connectivity index (χ2v) is 37.1. The first kappa shape index (κ1) is 110. The molecular formula is C87H138N24O20S2. The lowest BCUT2D eigenvalue weighted by Gasteiger charge is -2.35. The maximum Gasteiger partial charge on any atom is 0.246 e. The van der Waals surface area contributed by atoms with Crippen LogP contribution < -0.4 is 108 Å². The fraction of sp³-hybridized carbons (Fsp3) is 0.644. The van der Waals surface area contributed by atoms with Gasteiger partial charge in [-0.05, 0) is 137 Å². The number of carbonyl (C=O) groups excluding carboxylic acids is 17. The van der Waals surface area contributed by atoms with E-state index < -0.39 is 258 Å². The van der Waals surface area contributed by atoms with Crippen LogP contribution in [0.3, 0.4) is 0 Å². The number of benzene rings is 2. The number of unbranched alkanes of at least 4 members (excludes halogenated alkanes) is 1. The molecule has 19 atom stereocenters. The summed E-state index contributed by atoms with van der Waals surface area (Å²) in [5.41, 5.74) is 18.0. The minimum absolute atomic E-state index is 0.00265. The van der Waals surface area contributed by atoms with Crippen LogP contribution in [0.25, 0.3) is 0 Å². The first-order valence-corrected chi connectivity index (χ1v) is 48.0. The minimum atomic E-state index is -2.01. The highest BCUT2D eigenvalue weighted by atomic mass is 33.1. The number of rotatable bonds is 26. The Labute approximate surface area is 782 Å². The number of hydrogen-bond donors (Lipinski definition) is 25. The molecule has 2 bridgehead atoms. The molecule has 133 heavy (non-hydrogen) atoms. The normalized spacial score (nSPS) is 26.6. The largest absolute Gasteiger partial charge is 0.508 e. The molecule has 0 aromatic heterocycles. The van der Waals surface area contributed by atoms with E-state index in [1.807, 2.05) is 0 Å². The van der Waals surface area contributed by atoms with Gasteiger partial charge in [0.15, 0.2) is 11.9 Å². The fourth-order valence-electron chi connectivity index (χ4n) is 15.4. The van der Waals surface area contributed by atoms with Gasteiger partial charge in [0.05, 0.1) is 25.8 Å². The van der Waals surface area contributed by atoms with Crippen LogP contribution in [0.1, 0.15) is 170 Å². The van der Waals surface area contributed by atoms with E-state index >= 15 is 43.2 Å². The Balaban J connectivity index is 1.56. The Bertz CT molecular complexity index is 4330. The molecule has 0 saturated carbocycles. The maximum atomic E-state index is 15.5. The van der Waals surface area contributed by atoms with Crippen molar-refractivity contribution in [2.75, 3.05) is 63.9 Å². The molecule has 28 N–H and O–H groups in total. The van der Waals surface area contributed by atoms with E-state index in [2.05, 4.69) is 90.4 Å². The third-order valence-electron chi connectivity index (χ3n) is 23.7. The van der Waals surface area contributed by atoms with Gasteiger partial charge >= 0.3 is 0 Å². The molecule has 2 aromatic carbocycles.